The molecule has 0 unspecified atom stereocenters. The number of ether oxygens (including phenoxy) is 2. The number of hydrogen-bond donors (Lipinski definition) is 0. The second-order valence-corrected chi connectivity index (χ2v) is 3.32. The van der Waals surface area contributed by atoms with Gasteiger partial charge >= 0.3 is 0 Å². The van der Waals surface area contributed by atoms with Gasteiger partial charge in [0, 0.05) is 13.1 Å². The van der Waals surface area contributed by atoms with E-state index in [0.717, 1.165) is 0 Å². The number of rotatable bonds is 3. The first-order valence-corrected chi connectivity index (χ1v) is 4.75. The minimum Gasteiger partial charge on any atom is -0.493 e. The van der Waals surface area contributed by atoms with Gasteiger partial charge in [-0.05, 0) is 12.1 Å². The molecule has 1 heterocycles. The molecule has 2 aromatic rings. The lowest BCUT2D eigenvalue weighted by molar-refractivity contribution is 0.379. The molecule has 0 saturated heterocycles. The topological polar surface area (TPSA) is 60.1 Å². The molecule has 16 heavy (non-hydrogen) atoms. The highest BCUT2D eigenvalue weighted by molar-refractivity contribution is 5.51. The third kappa shape index (κ3) is 2.08. The van der Waals surface area contributed by atoms with Crippen molar-refractivity contribution in [3.8, 4) is 17.2 Å². The van der Waals surface area contributed by atoms with E-state index in [0.29, 0.717) is 22.9 Å². The van der Waals surface area contributed by atoms with Crippen molar-refractivity contribution >= 4 is 5.69 Å². The minimum absolute atomic E-state index is 0.385. The zero-order valence-corrected chi connectivity index (χ0v) is 9.10. The van der Waals surface area contributed by atoms with Gasteiger partial charge in [0.05, 0.1) is 25.2 Å². The lowest BCUT2D eigenvalue weighted by Crippen LogP contribution is -1.89. The normalized spacial score (nSPS) is 10.1. The molecule has 83 valence electrons. The van der Waals surface area contributed by atoms with Crippen LogP contribution in [0.4, 0.5) is 5.69 Å². The molecular weight excluding hydrogens is 206 g/mol. The smallest absolute Gasteiger partial charge is 0.169 e. The van der Waals surface area contributed by atoms with E-state index in [1.807, 2.05) is 7.05 Å². The van der Waals surface area contributed by atoms with Crippen LogP contribution in [0.25, 0.3) is 0 Å². The molecule has 1 aromatic carbocycles. The van der Waals surface area contributed by atoms with Crippen LogP contribution in [0.2, 0.25) is 0 Å². The number of hydrogen-bond acceptors (Lipinski definition) is 3. The number of nitrogens with one attached hydrogen (secondary N) is 1. The molecule has 1 N–H and O–H groups in total. The summed E-state index contributed by atoms with van der Waals surface area (Å²) >= 11 is 0. The summed E-state index contributed by atoms with van der Waals surface area (Å²) in [7, 11) is 3.36. The van der Waals surface area contributed by atoms with Gasteiger partial charge in [-0.25, -0.2) is 0 Å². The zero-order valence-electron chi connectivity index (χ0n) is 9.10. The SMILES string of the molecule is COc1cc([NH])ccc1Oc1cnn(C)c1. The zero-order chi connectivity index (χ0) is 11.5. The molecule has 0 aliphatic carbocycles. The van der Waals surface area contributed by atoms with Crippen LogP contribution in [0.1, 0.15) is 0 Å². The van der Waals surface area contributed by atoms with Crippen LogP contribution < -0.4 is 15.2 Å². The van der Waals surface area contributed by atoms with Crippen LogP contribution >= 0.6 is 0 Å². The summed E-state index contributed by atoms with van der Waals surface area (Å²) in [5.74, 6) is 1.75. The number of benzene rings is 1. The van der Waals surface area contributed by atoms with E-state index < -0.39 is 0 Å². The molecule has 1 radical (unpaired) electrons. The van der Waals surface area contributed by atoms with Crippen molar-refractivity contribution in [1.82, 2.24) is 15.5 Å². The molecule has 0 aliphatic rings. The van der Waals surface area contributed by atoms with Gasteiger partial charge < -0.3 is 15.2 Å². The Kier molecular flexibility index (Phi) is 2.68. The van der Waals surface area contributed by atoms with E-state index in [-0.39, 0.29) is 0 Å². The summed E-state index contributed by atoms with van der Waals surface area (Å²) in [6, 6.07) is 4.95. The molecule has 0 fully saturated rings. The Labute approximate surface area is 93.4 Å². The molecule has 0 amide bonds. The average molecular weight is 218 g/mol. The molecule has 0 aliphatic heterocycles. The van der Waals surface area contributed by atoms with Crippen molar-refractivity contribution in [2.45, 2.75) is 0 Å². The van der Waals surface area contributed by atoms with Crippen LogP contribution in [0, 0.1) is 0 Å². The molecule has 5 nitrogen and oxygen atoms in total. The lowest BCUT2D eigenvalue weighted by Gasteiger charge is -2.08. The highest BCUT2D eigenvalue weighted by Crippen LogP contribution is 2.32. The van der Waals surface area contributed by atoms with E-state index in [4.69, 9.17) is 15.2 Å². The highest BCUT2D eigenvalue weighted by Gasteiger charge is 2.07. The molecule has 0 atom stereocenters. The van der Waals surface area contributed by atoms with Gasteiger partial charge in [0.2, 0.25) is 0 Å². The second-order valence-electron chi connectivity index (χ2n) is 3.32. The molecule has 0 spiro atoms. The van der Waals surface area contributed by atoms with Crippen molar-refractivity contribution in [1.29, 1.82) is 0 Å². The molecule has 2 rings (SSSR count). The summed E-state index contributed by atoms with van der Waals surface area (Å²) in [5, 5.41) is 4.00. The van der Waals surface area contributed by atoms with Gasteiger partial charge in [-0.1, -0.05) is 0 Å². The standard InChI is InChI=1S/C11H12N3O2/c1-14-7-9(6-13-14)16-10-4-3-8(12)5-11(10)15-2/h3-7,12H,1-2H3. The summed E-state index contributed by atoms with van der Waals surface area (Å²) in [6.07, 6.45) is 3.38. The number of methoxy groups -OCH3 is 1. The summed E-state index contributed by atoms with van der Waals surface area (Å²) in [6.45, 7) is 0. The van der Waals surface area contributed by atoms with Gasteiger partial charge in [0.15, 0.2) is 17.2 Å². The van der Waals surface area contributed by atoms with Gasteiger partial charge in [0.1, 0.15) is 0 Å². The molecule has 5 heteroatoms. The predicted molar refractivity (Wildman–Crippen MR) is 59.0 cm³/mol. The van der Waals surface area contributed by atoms with Crippen molar-refractivity contribution in [3.05, 3.63) is 30.6 Å². The van der Waals surface area contributed by atoms with Crippen LogP contribution in [0.5, 0.6) is 17.2 Å². The summed E-state index contributed by atoms with van der Waals surface area (Å²) in [5.41, 5.74) is 7.85. The summed E-state index contributed by atoms with van der Waals surface area (Å²) < 4.78 is 12.4. The maximum atomic E-state index is 7.47. The number of aryl methyl sites for hydroxylation is 1. The molecule has 0 saturated carbocycles. The minimum atomic E-state index is 0.385. The van der Waals surface area contributed by atoms with Crippen molar-refractivity contribution in [3.63, 3.8) is 0 Å². The van der Waals surface area contributed by atoms with E-state index in [1.54, 1.807) is 42.4 Å². The van der Waals surface area contributed by atoms with E-state index in [9.17, 15) is 0 Å². The van der Waals surface area contributed by atoms with E-state index in [2.05, 4.69) is 5.10 Å². The van der Waals surface area contributed by atoms with Crippen LogP contribution in [0.3, 0.4) is 0 Å². The fourth-order valence-corrected chi connectivity index (χ4v) is 1.33. The van der Waals surface area contributed by atoms with E-state index >= 15 is 0 Å². The van der Waals surface area contributed by atoms with Gasteiger partial charge in [0.25, 0.3) is 0 Å². The first-order chi connectivity index (χ1) is 7.69. The van der Waals surface area contributed by atoms with Gasteiger partial charge in [-0.2, -0.15) is 5.10 Å². The Morgan fingerprint density at radius 1 is 1.31 bits per heavy atom. The fraction of sp³-hybridized carbons (Fsp3) is 0.182. The Hall–Kier alpha value is -2.17. The van der Waals surface area contributed by atoms with E-state index in [1.165, 1.54) is 0 Å². The first-order valence-electron chi connectivity index (χ1n) is 4.75. The molecule has 1 aromatic heterocycles. The lowest BCUT2D eigenvalue weighted by atomic mass is 10.3. The largest absolute Gasteiger partial charge is 0.493 e. The maximum Gasteiger partial charge on any atom is 0.169 e. The van der Waals surface area contributed by atoms with Crippen LogP contribution in [-0.2, 0) is 7.05 Å². The average Bonchev–Trinajstić information content (AvgIpc) is 2.67. The number of nitrogens with zero attached hydrogens (tertiary/aromatic N) is 2. The molecular formula is C11H12N3O2. The molecule has 0 bridgehead atoms. The Balaban J connectivity index is 2.27. The third-order valence-electron chi connectivity index (χ3n) is 2.07. The van der Waals surface area contributed by atoms with Crippen LogP contribution in [-0.4, -0.2) is 16.9 Å². The van der Waals surface area contributed by atoms with Crippen molar-refractivity contribution < 1.29 is 9.47 Å². The van der Waals surface area contributed by atoms with Crippen LogP contribution in [0.15, 0.2) is 30.6 Å². The Morgan fingerprint density at radius 3 is 2.75 bits per heavy atom. The first kappa shape index (κ1) is 10.4. The Morgan fingerprint density at radius 2 is 2.12 bits per heavy atom. The highest BCUT2D eigenvalue weighted by atomic mass is 16.5. The van der Waals surface area contributed by atoms with Gasteiger partial charge in [-0.3, -0.25) is 4.68 Å². The predicted octanol–water partition coefficient (Wildman–Crippen LogP) is 2.14. The van der Waals surface area contributed by atoms with Crippen molar-refractivity contribution in [2.75, 3.05) is 7.11 Å². The van der Waals surface area contributed by atoms with Gasteiger partial charge in [-0.15, -0.1) is 0 Å². The third-order valence-corrected chi connectivity index (χ3v) is 2.07. The maximum absolute atomic E-state index is 7.47. The number of aromatic nitrogens is 2. The Bertz CT molecular complexity index is 494. The monoisotopic (exact) mass is 218 g/mol. The fourth-order valence-electron chi connectivity index (χ4n) is 1.33. The quantitative estimate of drug-likeness (QED) is 0.792. The van der Waals surface area contributed by atoms with Crippen molar-refractivity contribution in [2.24, 2.45) is 7.05 Å². The second kappa shape index (κ2) is 4.14. The summed E-state index contributed by atoms with van der Waals surface area (Å²) in [4.78, 5) is 0.